The number of guanidine groups is 1. The van der Waals surface area contributed by atoms with E-state index < -0.39 is 0 Å². The summed E-state index contributed by atoms with van der Waals surface area (Å²) in [6, 6.07) is 18.0. The van der Waals surface area contributed by atoms with Gasteiger partial charge in [0.1, 0.15) is 0 Å². The van der Waals surface area contributed by atoms with Crippen LogP contribution in [0.1, 0.15) is 28.8 Å². The van der Waals surface area contributed by atoms with Crippen molar-refractivity contribution in [3.05, 3.63) is 71.9 Å². The van der Waals surface area contributed by atoms with Crippen molar-refractivity contribution in [3.63, 3.8) is 0 Å². The van der Waals surface area contributed by atoms with Gasteiger partial charge in [0.2, 0.25) is 0 Å². The van der Waals surface area contributed by atoms with Gasteiger partial charge in [-0.25, -0.2) is 0 Å². The Kier molecular flexibility index (Phi) is 5.46. The molecule has 0 radical (unpaired) electrons. The molecule has 2 aromatic carbocycles. The molecule has 0 saturated heterocycles. The Labute approximate surface area is 147 Å². The second-order valence-electron chi connectivity index (χ2n) is 5.91. The Morgan fingerprint density at radius 3 is 2.64 bits per heavy atom. The molecule has 0 aliphatic heterocycles. The lowest BCUT2D eigenvalue weighted by Crippen LogP contribution is -2.36. The van der Waals surface area contributed by atoms with Gasteiger partial charge >= 0.3 is 0 Å². The molecule has 0 bridgehead atoms. The van der Waals surface area contributed by atoms with Crippen molar-refractivity contribution in [2.24, 2.45) is 10.7 Å². The number of hydrogen-bond donors (Lipinski definition) is 3. The third kappa shape index (κ3) is 4.47. The predicted molar refractivity (Wildman–Crippen MR) is 102 cm³/mol. The number of nitrogens with zero attached hydrogens (tertiary/aromatic N) is 1. The fourth-order valence-corrected chi connectivity index (χ4v) is 2.77. The summed E-state index contributed by atoms with van der Waals surface area (Å²) in [5.41, 5.74) is 8.64. The summed E-state index contributed by atoms with van der Waals surface area (Å²) >= 11 is 0. The van der Waals surface area contributed by atoms with E-state index in [4.69, 9.17) is 5.73 Å². The van der Waals surface area contributed by atoms with Crippen LogP contribution in [0.4, 0.5) is 0 Å². The second kappa shape index (κ2) is 8.15. The first-order chi connectivity index (χ1) is 12.2. The number of para-hydroxylation sites is 1. The number of fused-ring (bicyclic) bond motifs is 1. The molecule has 0 saturated carbocycles. The number of carbonyl (C=O) groups is 1. The molecule has 3 rings (SSSR count). The fraction of sp³-hybridized carbons (Fsp3) is 0.200. The average molecular weight is 334 g/mol. The third-order valence-electron chi connectivity index (χ3n) is 4.07. The van der Waals surface area contributed by atoms with Crippen LogP contribution in [0.2, 0.25) is 0 Å². The van der Waals surface area contributed by atoms with Gasteiger partial charge in [0, 0.05) is 23.6 Å². The van der Waals surface area contributed by atoms with Crippen molar-refractivity contribution < 1.29 is 4.79 Å². The Morgan fingerprint density at radius 1 is 1.04 bits per heavy atom. The minimum Gasteiger partial charge on any atom is -0.370 e. The monoisotopic (exact) mass is 334 g/mol. The van der Waals surface area contributed by atoms with Gasteiger partial charge in [-0.2, -0.15) is 0 Å². The first kappa shape index (κ1) is 16.8. The standard InChI is InChI=1S/C20H22N4O/c21-20(22-13-7-6-10-15-8-2-1-3-9-15)24-19(25)17-14-23-18-12-5-4-11-16(17)18/h1-5,8-9,11-12,14,23H,6-7,10,13H2,(H3,21,22,24,25). The summed E-state index contributed by atoms with van der Waals surface area (Å²) in [4.78, 5) is 19.6. The zero-order chi connectivity index (χ0) is 17.5. The van der Waals surface area contributed by atoms with E-state index in [1.54, 1.807) is 6.20 Å². The fourth-order valence-electron chi connectivity index (χ4n) is 2.77. The molecule has 1 aromatic heterocycles. The Balaban J connectivity index is 1.47. The summed E-state index contributed by atoms with van der Waals surface area (Å²) in [6.45, 7) is 0.604. The van der Waals surface area contributed by atoms with Gasteiger partial charge in [-0.05, 0) is 30.9 Å². The SMILES string of the molecule is NC(=NCCCCc1ccccc1)NC(=O)c1c[nH]c2ccccc12. The molecule has 5 nitrogen and oxygen atoms in total. The number of H-pyrrole nitrogens is 1. The van der Waals surface area contributed by atoms with E-state index >= 15 is 0 Å². The molecule has 1 heterocycles. The molecule has 0 unspecified atom stereocenters. The second-order valence-corrected chi connectivity index (χ2v) is 5.91. The van der Waals surface area contributed by atoms with E-state index in [0.29, 0.717) is 12.1 Å². The van der Waals surface area contributed by atoms with Crippen LogP contribution in [-0.4, -0.2) is 23.4 Å². The number of benzene rings is 2. The number of aromatic amines is 1. The van der Waals surface area contributed by atoms with Gasteiger partial charge in [-0.1, -0.05) is 48.5 Å². The number of aryl methyl sites for hydroxylation is 1. The van der Waals surface area contributed by atoms with Crippen LogP contribution in [-0.2, 0) is 6.42 Å². The summed E-state index contributed by atoms with van der Waals surface area (Å²) in [6.07, 6.45) is 4.68. The van der Waals surface area contributed by atoms with Crippen LogP contribution in [0.5, 0.6) is 0 Å². The maximum atomic E-state index is 12.3. The van der Waals surface area contributed by atoms with E-state index in [9.17, 15) is 4.79 Å². The van der Waals surface area contributed by atoms with Gasteiger partial charge in [0.05, 0.1) is 5.56 Å². The van der Waals surface area contributed by atoms with Crippen molar-refractivity contribution in [1.82, 2.24) is 10.3 Å². The summed E-state index contributed by atoms with van der Waals surface area (Å²) in [5.74, 6) is -0.0852. The zero-order valence-electron chi connectivity index (χ0n) is 14.0. The molecule has 0 aliphatic carbocycles. The van der Waals surface area contributed by atoms with Crippen molar-refractivity contribution in [1.29, 1.82) is 0 Å². The highest BCUT2D eigenvalue weighted by Crippen LogP contribution is 2.17. The highest BCUT2D eigenvalue weighted by atomic mass is 16.1. The van der Waals surface area contributed by atoms with Gasteiger partial charge in [0.15, 0.2) is 5.96 Å². The maximum absolute atomic E-state index is 12.3. The normalized spacial score (nSPS) is 11.6. The van der Waals surface area contributed by atoms with Crippen molar-refractivity contribution in [2.45, 2.75) is 19.3 Å². The molecule has 0 spiro atoms. The van der Waals surface area contributed by atoms with Crippen LogP contribution < -0.4 is 11.1 Å². The number of amides is 1. The number of nitrogens with one attached hydrogen (secondary N) is 2. The number of rotatable bonds is 6. The minimum atomic E-state index is -0.247. The number of nitrogens with two attached hydrogens (primary N) is 1. The number of aliphatic imine (C=N–C) groups is 1. The van der Waals surface area contributed by atoms with E-state index in [0.717, 1.165) is 30.2 Å². The number of aromatic nitrogens is 1. The van der Waals surface area contributed by atoms with E-state index in [2.05, 4.69) is 27.4 Å². The minimum absolute atomic E-state index is 0.162. The molecular formula is C20H22N4O. The van der Waals surface area contributed by atoms with Crippen LogP contribution in [0, 0.1) is 0 Å². The van der Waals surface area contributed by atoms with Crippen LogP contribution in [0.3, 0.4) is 0 Å². The zero-order valence-corrected chi connectivity index (χ0v) is 14.0. The largest absolute Gasteiger partial charge is 0.370 e. The van der Waals surface area contributed by atoms with Gasteiger partial charge < -0.3 is 10.7 Å². The lowest BCUT2D eigenvalue weighted by Gasteiger charge is -2.04. The van der Waals surface area contributed by atoms with Crippen LogP contribution >= 0.6 is 0 Å². The summed E-state index contributed by atoms with van der Waals surface area (Å²) in [5, 5.41) is 3.52. The number of unbranched alkanes of at least 4 members (excludes halogenated alkanes) is 1. The van der Waals surface area contributed by atoms with Gasteiger partial charge in [-0.3, -0.25) is 15.1 Å². The smallest absolute Gasteiger partial charge is 0.260 e. The molecule has 128 valence electrons. The first-order valence-electron chi connectivity index (χ1n) is 8.45. The van der Waals surface area contributed by atoms with E-state index in [-0.39, 0.29) is 11.9 Å². The molecule has 4 N–H and O–H groups in total. The Hall–Kier alpha value is -3.08. The van der Waals surface area contributed by atoms with Crippen LogP contribution in [0.25, 0.3) is 10.9 Å². The topological polar surface area (TPSA) is 83.3 Å². The molecule has 25 heavy (non-hydrogen) atoms. The maximum Gasteiger partial charge on any atom is 0.260 e. The molecule has 0 atom stereocenters. The quantitative estimate of drug-likeness (QED) is 0.367. The van der Waals surface area contributed by atoms with Crippen molar-refractivity contribution in [3.8, 4) is 0 Å². The number of carbonyl (C=O) groups excluding carboxylic acids is 1. The van der Waals surface area contributed by atoms with E-state index in [1.807, 2.05) is 42.5 Å². The molecule has 5 heteroatoms. The molecular weight excluding hydrogens is 312 g/mol. The lowest BCUT2D eigenvalue weighted by molar-refractivity contribution is 0.0978. The first-order valence-corrected chi connectivity index (χ1v) is 8.45. The third-order valence-corrected chi connectivity index (χ3v) is 4.07. The van der Waals surface area contributed by atoms with Crippen molar-refractivity contribution in [2.75, 3.05) is 6.54 Å². The predicted octanol–water partition coefficient (Wildman–Crippen LogP) is 3.24. The van der Waals surface area contributed by atoms with Gasteiger partial charge in [0.25, 0.3) is 5.91 Å². The van der Waals surface area contributed by atoms with Crippen molar-refractivity contribution >= 4 is 22.8 Å². The molecule has 3 aromatic rings. The van der Waals surface area contributed by atoms with Gasteiger partial charge in [-0.15, -0.1) is 0 Å². The average Bonchev–Trinajstić information content (AvgIpc) is 3.06. The van der Waals surface area contributed by atoms with Crippen LogP contribution in [0.15, 0.2) is 65.8 Å². The number of hydrogen-bond acceptors (Lipinski definition) is 2. The summed E-state index contributed by atoms with van der Waals surface area (Å²) < 4.78 is 0. The Bertz CT molecular complexity index is 868. The lowest BCUT2D eigenvalue weighted by atomic mass is 10.1. The molecule has 0 fully saturated rings. The summed E-state index contributed by atoms with van der Waals surface area (Å²) in [7, 11) is 0. The highest BCUT2D eigenvalue weighted by molar-refractivity contribution is 6.12. The Morgan fingerprint density at radius 2 is 1.80 bits per heavy atom. The molecule has 1 amide bonds. The van der Waals surface area contributed by atoms with E-state index in [1.165, 1.54) is 5.56 Å². The highest BCUT2D eigenvalue weighted by Gasteiger charge is 2.12. The molecule has 0 aliphatic rings.